The van der Waals surface area contributed by atoms with Crippen molar-refractivity contribution in [2.75, 3.05) is 105 Å². The predicted molar refractivity (Wildman–Crippen MR) is 229 cm³/mol. The van der Waals surface area contributed by atoms with E-state index in [2.05, 4.69) is 27.0 Å². The van der Waals surface area contributed by atoms with Crippen LogP contribution in [0.4, 0.5) is 0 Å². The molecule has 2 aromatic carbocycles. The van der Waals surface area contributed by atoms with E-state index in [1.54, 1.807) is 51.1 Å². The molecule has 64 heavy (non-hydrogen) atoms. The molecule has 1 unspecified atom stereocenters. The number of β-amino-alcohol motifs (C(OH)–C–C–N with tert-alkyl or cyclic N) is 1. The molecule has 1 aromatic heterocycles. The van der Waals surface area contributed by atoms with Crippen molar-refractivity contribution >= 4 is 46.5 Å². The molecule has 21 heteroatoms. The molecule has 1 radical (unpaired) electrons. The number of aliphatic carboxylic acids is 3. The molecule has 2 saturated heterocycles. The fraction of sp³-hybridized carbons (Fsp3) is 0.488. The van der Waals surface area contributed by atoms with Gasteiger partial charge in [0.2, 0.25) is 5.91 Å². The zero-order chi connectivity index (χ0) is 45.3. The molecule has 0 bridgehead atoms. The van der Waals surface area contributed by atoms with Gasteiger partial charge in [-0.15, -0.1) is 0 Å². The molecule has 0 saturated carbocycles. The molecule has 3 amide bonds. The summed E-state index contributed by atoms with van der Waals surface area (Å²) in [5, 5.41) is 57.7. The molecule has 0 aliphatic carbocycles. The van der Waals surface area contributed by atoms with Crippen molar-refractivity contribution in [3.8, 4) is 17.2 Å². The average Bonchev–Trinajstić information content (AvgIpc) is 3.75. The Labute approximate surface area is 412 Å². The number of fused-ring (bicyclic) bond motifs is 1. The summed E-state index contributed by atoms with van der Waals surface area (Å²) in [6, 6.07) is 15.8. The number of nitrogens with one attached hydrogen (secondary N) is 3. The number of aliphatic hydroxyl groups is 1. The van der Waals surface area contributed by atoms with Gasteiger partial charge >= 0.3 is 17.9 Å². The minimum absolute atomic E-state index is 0. The molecule has 345 valence electrons. The number of rotatable bonds is 18. The Bertz CT molecular complexity index is 2090. The number of pyridine rings is 1. The number of carboxylic acids is 3. The molecule has 2 fully saturated rings. The summed E-state index contributed by atoms with van der Waals surface area (Å²) >= 11 is 0. The monoisotopic (exact) mass is 1030 g/mol. The molecular weight excluding hydrogens is 968 g/mol. The van der Waals surface area contributed by atoms with E-state index >= 15 is 0 Å². The number of hydrogen-bond acceptors (Lipinski definition) is 14. The first-order valence-corrected chi connectivity index (χ1v) is 21.0. The van der Waals surface area contributed by atoms with Crippen LogP contribution in [-0.4, -0.2) is 203 Å². The van der Waals surface area contributed by atoms with E-state index in [4.69, 9.17) is 0 Å². The van der Waals surface area contributed by atoms with Gasteiger partial charge in [0.05, 0.1) is 43.3 Å². The summed E-state index contributed by atoms with van der Waals surface area (Å²) in [7, 11) is 0. The van der Waals surface area contributed by atoms with Crippen LogP contribution in [0.2, 0.25) is 0 Å². The van der Waals surface area contributed by atoms with Crippen LogP contribution in [0.3, 0.4) is 0 Å². The van der Waals surface area contributed by atoms with E-state index in [0.717, 1.165) is 17.5 Å². The smallest absolute Gasteiger partial charge is 0.317 e. The number of aromatic nitrogens is 1. The quantitative estimate of drug-likeness (QED) is 0.0634. The summed E-state index contributed by atoms with van der Waals surface area (Å²) in [5.41, 5.74) is 2.98. The largest absolute Gasteiger partial charge is 0.480 e. The van der Waals surface area contributed by atoms with Crippen LogP contribution in [0.25, 0.3) is 22.0 Å². The van der Waals surface area contributed by atoms with Crippen molar-refractivity contribution < 1.29 is 98.6 Å². The van der Waals surface area contributed by atoms with Gasteiger partial charge in [-0.25, -0.2) is 0 Å². The number of hydrogen-bond donors (Lipinski definition) is 7. The van der Waals surface area contributed by atoms with E-state index in [9.17, 15) is 54.5 Å². The van der Waals surface area contributed by atoms with Gasteiger partial charge in [0.15, 0.2) is 0 Å². The van der Waals surface area contributed by atoms with Crippen molar-refractivity contribution in [1.82, 2.24) is 45.4 Å². The molecule has 3 aromatic rings. The maximum Gasteiger partial charge on any atom is 0.317 e. The molecule has 0 spiro atoms. The predicted octanol–water partition coefficient (Wildman–Crippen LogP) is -0.351. The number of carbonyl (C=O) groups excluding carboxylic acids is 3. The van der Waals surface area contributed by atoms with Crippen LogP contribution >= 0.6 is 0 Å². The molecule has 5 rings (SSSR count). The first-order valence-electron chi connectivity index (χ1n) is 21.0. The second-order valence-electron chi connectivity index (χ2n) is 15.6. The third-order valence-electron chi connectivity index (χ3n) is 11.0. The van der Waals surface area contributed by atoms with E-state index < -0.39 is 36.1 Å². The summed E-state index contributed by atoms with van der Waals surface area (Å²) in [6.45, 7) is 3.02. The van der Waals surface area contributed by atoms with Gasteiger partial charge in [-0.1, -0.05) is 18.2 Å². The first-order chi connectivity index (χ1) is 30.3. The second kappa shape index (κ2) is 26.5. The average molecular weight is 1020 g/mol. The minimum Gasteiger partial charge on any atom is -0.480 e. The maximum atomic E-state index is 13.2. The zero-order valence-corrected chi connectivity index (χ0v) is 38.0. The molecule has 2 atom stereocenters. The number of carboxylic acid groups (broad SMARTS) is 3. The number of carbonyl (C=O) groups is 6. The van der Waals surface area contributed by atoms with Crippen molar-refractivity contribution in [3.05, 3.63) is 65.9 Å². The molecule has 2 aliphatic heterocycles. The van der Waals surface area contributed by atoms with Crippen molar-refractivity contribution in [2.24, 2.45) is 0 Å². The Morgan fingerprint density at radius 1 is 0.719 bits per heavy atom. The van der Waals surface area contributed by atoms with Crippen LogP contribution in [-0.2, 0) is 19.2 Å². The van der Waals surface area contributed by atoms with Crippen LogP contribution in [0.1, 0.15) is 40.0 Å². The van der Waals surface area contributed by atoms with Gasteiger partial charge in [0.25, 0.3) is 11.8 Å². The Balaban J connectivity index is 0.00000898. The van der Waals surface area contributed by atoms with Crippen LogP contribution < -0.4 is 16.0 Å². The number of amides is 3. The fourth-order valence-electron chi connectivity index (χ4n) is 7.67. The maximum absolute atomic E-state index is 13.2. The normalized spacial score (nSPS) is 17.6. The Kier molecular flexibility index (Phi) is 21.6. The Hall–Kier alpha value is -4.50. The van der Waals surface area contributed by atoms with Crippen LogP contribution in [0, 0.1) is 60.7 Å². The SMILES string of the molecule is N#C[C@@H]1CCCN1C(=O)CNC(=O)c1ccnc2ccc(-c3ccc(C(=O)NCCCNC(O)CN4CCN(CC(=O)O)CCN(CC(=O)O)CCN(CC(=O)O)CC4)cc3)cc12.[Eu]. The number of benzene rings is 2. The number of nitriles is 1. The van der Waals surface area contributed by atoms with Gasteiger partial charge in [0, 0.05) is 139 Å². The summed E-state index contributed by atoms with van der Waals surface area (Å²) in [5.74, 6) is -4.09. The molecule has 20 nitrogen and oxygen atoms in total. The van der Waals surface area contributed by atoms with Crippen molar-refractivity contribution in [1.29, 1.82) is 5.26 Å². The van der Waals surface area contributed by atoms with Crippen molar-refractivity contribution in [2.45, 2.75) is 31.5 Å². The van der Waals surface area contributed by atoms with Gasteiger partial charge < -0.3 is 36.0 Å². The van der Waals surface area contributed by atoms with Crippen molar-refractivity contribution in [3.63, 3.8) is 0 Å². The summed E-state index contributed by atoms with van der Waals surface area (Å²) in [4.78, 5) is 86.4. The first kappa shape index (κ1) is 52.1. The Morgan fingerprint density at radius 3 is 1.84 bits per heavy atom. The minimum atomic E-state index is -1.03. The molecule has 7 N–H and O–H groups in total. The van der Waals surface area contributed by atoms with Gasteiger partial charge in [-0.05, 0) is 67.3 Å². The van der Waals surface area contributed by atoms with Crippen LogP contribution in [0.5, 0.6) is 0 Å². The third-order valence-corrected chi connectivity index (χ3v) is 11.0. The van der Waals surface area contributed by atoms with E-state index in [1.807, 2.05) is 17.0 Å². The van der Waals surface area contributed by atoms with E-state index in [1.165, 1.54) is 11.1 Å². The number of likely N-dealkylation sites (tertiary alicyclic amines) is 1. The van der Waals surface area contributed by atoms with E-state index in [0.29, 0.717) is 107 Å². The fourth-order valence-corrected chi connectivity index (χ4v) is 7.67. The number of aliphatic hydroxyl groups excluding tert-OH is 1. The Morgan fingerprint density at radius 2 is 1.28 bits per heavy atom. The van der Waals surface area contributed by atoms with Gasteiger partial charge in [-0.3, -0.25) is 58.7 Å². The second-order valence-corrected chi connectivity index (χ2v) is 15.6. The molecular formula is C43H56EuN10O10. The topological polar surface area (TPSA) is 272 Å². The standard InChI is InChI=1S/C43H56N10O10.Eu/c44-24-33-3-1-14-53(33)38(55)25-48-43(63)34-10-13-45-36-9-8-32(23-35(34)36)30-4-6-31(7-5-30)42(62)47-12-2-11-46-37(54)26-49-15-17-50(27-39(56)57)19-21-52(29-41(60)61)22-20-51(18-16-49)28-40(58)59;/h4-10,13,23,33,37,46,54H,1-3,11-12,14-22,25-29H2,(H,47,62)(H,48,63)(H,56,57)(H,58,59)(H,60,61);/t33-,37?;/m0./s1. The third kappa shape index (κ3) is 16.5. The summed E-state index contributed by atoms with van der Waals surface area (Å²) in [6.07, 6.45) is 2.43. The molecule has 3 heterocycles. The summed E-state index contributed by atoms with van der Waals surface area (Å²) < 4.78 is 0. The van der Waals surface area contributed by atoms with Gasteiger partial charge in [0.1, 0.15) is 12.3 Å². The number of nitrogens with zero attached hydrogens (tertiary/aromatic N) is 7. The van der Waals surface area contributed by atoms with Gasteiger partial charge in [-0.2, -0.15) is 5.26 Å². The van der Waals surface area contributed by atoms with Crippen LogP contribution in [0.15, 0.2) is 54.7 Å². The molecule has 2 aliphatic rings. The van der Waals surface area contributed by atoms with E-state index in [-0.39, 0.29) is 93.9 Å². The zero-order valence-electron chi connectivity index (χ0n) is 35.5.